The molecule has 1 aromatic rings. The highest BCUT2D eigenvalue weighted by molar-refractivity contribution is 5.78. The Labute approximate surface area is 126 Å². The van der Waals surface area contributed by atoms with Crippen molar-refractivity contribution >= 4 is 11.7 Å². The number of carbonyl (C=O) groups is 1. The Morgan fingerprint density at radius 2 is 2.19 bits per heavy atom. The zero-order valence-electron chi connectivity index (χ0n) is 13.1. The van der Waals surface area contributed by atoms with Crippen molar-refractivity contribution in [3.05, 3.63) is 30.1 Å². The maximum Gasteiger partial charge on any atom is 0.418 e. The van der Waals surface area contributed by atoms with Gasteiger partial charge in [0.1, 0.15) is 5.60 Å². The van der Waals surface area contributed by atoms with E-state index >= 15 is 0 Å². The van der Waals surface area contributed by atoms with Gasteiger partial charge in [-0.25, -0.2) is 4.79 Å². The third-order valence-corrected chi connectivity index (χ3v) is 4.05. The van der Waals surface area contributed by atoms with E-state index in [1.54, 1.807) is 10.8 Å². The van der Waals surface area contributed by atoms with Crippen molar-refractivity contribution in [3.63, 3.8) is 0 Å². The Morgan fingerprint density at radius 3 is 2.90 bits per heavy atom. The van der Waals surface area contributed by atoms with Gasteiger partial charge in [0, 0.05) is 18.3 Å². The Hall–Kier alpha value is -1.55. The first kappa shape index (κ1) is 14.4. The summed E-state index contributed by atoms with van der Waals surface area (Å²) in [5.74, 6) is 0. The van der Waals surface area contributed by atoms with Crippen molar-refractivity contribution in [1.82, 2.24) is 9.88 Å². The van der Waals surface area contributed by atoms with Crippen LogP contribution in [0, 0.1) is 0 Å². The molecular weight excluding hydrogens is 264 g/mol. The molecule has 0 radical (unpaired) electrons. The topological polar surface area (TPSA) is 43.3 Å². The molecule has 0 aromatic carbocycles. The SMILES string of the molecule is CC(C)(C)OC(=O)n1cccc1C1=CC2CCCC(C1)N2. The van der Waals surface area contributed by atoms with Crippen molar-refractivity contribution in [3.8, 4) is 0 Å². The van der Waals surface area contributed by atoms with Gasteiger partial charge in [-0.05, 0) is 57.7 Å². The minimum absolute atomic E-state index is 0.299. The third kappa shape index (κ3) is 3.21. The van der Waals surface area contributed by atoms with Gasteiger partial charge in [-0.2, -0.15) is 0 Å². The lowest BCUT2D eigenvalue weighted by Gasteiger charge is -2.35. The molecule has 0 saturated carbocycles. The molecule has 4 nitrogen and oxygen atoms in total. The Kier molecular flexibility index (Phi) is 3.66. The van der Waals surface area contributed by atoms with Crippen LogP contribution in [0.15, 0.2) is 24.4 Å². The summed E-state index contributed by atoms with van der Waals surface area (Å²) in [5, 5.41) is 3.63. The second-order valence-electron chi connectivity index (χ2n) is 7.04. The Balaban J connectivity index is 1.85. The molecule has 1 N–H and O–H groups in total. The molecule has 21 heavy (non-hydrogen) atoms. The lowest BCUT2D eigenvalue weighted by atomic mass is 9.86. The van der Waals surface area contributed by atoms with E-state index in [4.69, 9.17) is 4.74 Å². The summed E-state index contributed by atoms with van der Waals surface area (Å²) in [4.78, 5) is 12.3. The van der Waals surface area contributed by atoms with E-state index in [-0.39, 0.29) is 6.09 Å². The molecule has 2 aliphatic rings. The normalized spacial score (nSPS) is 25.4. The minimum atomic E-state index is -0.475. The number of hydrogen-bond donors (Lipinski definition) is 1. The Morgan fingerprint density at radius 1 is 1.38 bits per heavy atom. The fourth-order valence-electron chi connectivity index (χ4n) is 3.23. The summed E-state index contributed by atoms with van der Waals surface area (Å²) in [7, 11) is 0. The van der Waals surface area contributed by atoms with E-state index in [0.717, 1.165) is 12.1 Å². The molecule has 1 fully saturated rings. The number of rotatable bonds is 1. The average Bonchev–Trinajstić information content (AvgIpc) is 2.85. The number of aromatic nitrogens is 1. The first-order valence-corrected chi connectivity index (χ1v) is 7.80. The predicted octanol–water partition coefficient (Wildman–Crippen LogP) is 3.57. The minimum Gasteiger partial charge on any atom is -0.443 e. The molecule has 0 spiro atoms. The number of fused-ring (bicyclic) bond motifs is 2. The zero-order chi connectivity index (χ0) is 15.0. The van der Waals surface area contributed by atoms with Crippen molar-refractivity contribution in [2.45, 2.75) is 64.1 Å². The lowest BCUT2D eigenvalue weighted by molar-refractivity contribution is 0.0536. The molecular formula is C17H24N2O2. The summed E-state index contributed by atoms with van der Waals surface area (Å²) in [6.45, 7) is 5.67. The summed E-state index contributed by atoms with van der Waals surface area (Å²) in [6.07, 6.45) is 8.47. The maximum absolute atomic E-state index is 12.3. The number of nitrogens with one attached hydrogen (secondary N) is 1. The van der Waals surface area contributed by atoms with Crippen LogP contribution < -0.4 is 5.32 Å². The summed E-state index contributed by atoms with van der Waals surface area (Å²) < 4.78 is 7.13. The molecule has 0 amide bonds. The maximum atomic E-state index is 12.3. The van der Waals surface area contributed by atoms with Crippen molar-refractivity contribution < 1.29 is 9.53 Å². The summed E-state index contributed by atoms with van der Waals surface area (Å²) >= 11 is 0. The van der Waals surface area contributed by atoms with Crippen molar-refractivity contribution in [2.24, 2.45) is 0 Å². The number of piperidine rings is 1. The van der Waals surface area contributed by atoms with Crippen LogP contribution in [0.5, 0.6) is 0 Å². The molecule has 3 rings (SSSR count). The number of nitrogens with zero attached hydrogens (tertiary/aromatic N) is 1. The molecule has 1 saturated heterocycles. The predicted molar refractivity (Wildman–Crippen MR) is 83.2 cm³/mol. The largest absolute Gasteiger partial charge is 0.443 e. The summed E-state index contributed by atoms with van der Waals surface area (Å²) in [5.41, 5.74) is 1.76. The molecule has 4 heteroatoms. The van der Waals surface area contributed by atoms with Crippen LogP contribution in [0.1, 0.15) is 52.1 Å². The monoisotopic (exact) mass is 288 g/mol. The number of carbonyl (C=O) groups excluding carboxylic acids is 1. The van der Waals surface area contributed by atoms with E-state index < -0.39 is 5.60 Å². The summed E-state index contributed by atoms with van der Waals surface area (Å²) in [6, 6.07) is 4.93. The highest BCUT2D eigenvalue weighted by Crippen LogP contribution is 2.31. The van der Waals surface area contributed by atoms with Gasteiger partial charge in [0.2, 0.25) is 0 Å². The second-order valence-corrected chi connectivity index (χ2v) is 7.04. The van der Waals surface area contributed by atoms with Gasteiger partial charge in [-0.3, -0.25) is 4.57 Å². The van der Waals surface area contributed by atoms with Gasteiger partial charge < -0.3 is 10.1 Å². The highest BCUT2D eigenvalue weighted by atomic mass is 16.6. The standard InChI is InChI=1S/C17H24N2O2/c1-17(2,3)21-16(20)19-9-5-8-15(19)12-10-13-6-4-7-14(11-12)18-13/h5,8-10,13-14,18H,4,6-7,11H2,1-3H3. The van der Waals surface area contributed by atoms with Crippen LogP contribution >= 0.6 is 0 Å². The fraction of sp³-hybridized carbons (Fsp3) is 0.588. The smallest absolute Gasteiger partial charge is 0.418 e. The van der Waals surface area contributed by atoms with Crippen LogP contribution in [0.4, 0.5) is 4.79 Å². The second kappa shape index (κ2) is 5.34. The van der Waals surface area contributed by atoms with Gasteiger partial charge in [0.05, 0.1) is 5.69 Å². The van der Waals surface area contributed by atoms with Crippen molar-refractivity contribution in [2.75, 3.05) is 0 Å². The molecule has 0 aliphatic carbocycles. The number of hydrogen-bond acceptors (Lipinski definition) is 3. The molecule has 3 heterocycles. The fourth-order valence-corrected chi connectivity index (χ4v) is 3.23. The van der Waals surface area contributed by atoms with Crippen LogP contribution in [-0.2, 0) is 4.74 Å². The van der Waals surface area contributed by atoms with E-state index in [0.29, 0.717) is 12.1 Å². The van der Waals surface area contributed by atoms with Crippen LogP contribution in [0.3, 0.4) is 0 Å². The molecule has 2 atom stereocenters. The van der Waals surface area contributed by atoms with Gasteiger partial charge >= 0.3 is 6.09 Å². The van der Waals surface area contributed by atoms with Crippen LogP contribution in [-0.4, -0.2) is 28.3 Å². The van der Waals surface area contributed by atoms with Gasteiger partial charge in [-0.1, -0.05) is 12.5 Å². The van der Waals surface area contributed by atoms with Crippen molar-refractivity contribution in [1.29, 1.82) is 0 Å². The molecule has 2 unspecified atom stereocenters. The van der Waals surface area contributed by atoms with Crippen LogP contribution in [0.25, 0.3) is 5.57 Å². The average molecular weight is 288 g/mol. The first-order chi connectivity index (χ1) is 9.92. The van der Waals surface area contributed by atoms with Gasteiger partial charge in [-0.15, -0.1) is 0 Å². The molecule has 1 aromatic heterocycles. The highest BCUT2D eigenvalue weighted by Gasteiger charge is 2.28. The molecule has 2 bridgehead atoms. The van der Waals surface area contributed by atoms with Gasteiger partial charge in [0.25, 0.3) is 0 Å². The van der Waals surface area contributed by atoms with Crippen LogP contribution in [0.2, 0.25) is 0 Å². The van der Waals surface area contributed by atoms with E-state index in [1.165, 1.54) is 24.8 Å². The van der Waals surface area contributed by atoms with Gasteiger partial charge in [0.15, 0.2) is 0 Å². The molecule has 2 aliphatic heterocycles. The molecule has 114 valence electrons. The van der Waals surface area contributed by atoms with E-state index in [2.05, 4.69) is 11.4 Å². The third-order valence-electron chi connectivity index (χ3n) is 4.05. The Bertz CT molecular complexity index is 566. The van der Waals surface area contributed by atoms with E-state index in [1.807, 2.05) is 32.9 Å². The quantitative estimate of drug-likeness (QED) is 0.859. The lowest BCUT2D eigenvalue weighted by Crippen LogP contribution is -2.44. The first-order valence-electron chi connectivity index (χ1n) is 7.80. The van der Waals surface area contributed by atoms with E-state index in [9.17, 15) is 4.79 Å². The number of ether oxygens (including phenoxy) is 1. The zero-order valence-corrected chi connectivity index (χ0v) is 13.1.